The van der Waals surface area contributed by atoms with E-state index in [1.165, 1.54) is 7.05 Å². The molecule has 8 heteroatoms. The minimum Gasteiger partial charge on any atom is -0.337 e. The Morgan fingerprint density at radius 1 is 1.59 bits per heavy atom. The van der Waals surface area contributed by atoms with Crippen LogP contribution < -0.4 is 10.5 Å². The summed E-state index contributed by atoms with van der Waals surface area (Å²) < 4.78 is 25.1. The second-order valence-corrected chi connectivity index (χ2v) is 6.07. The fourth-order valence-electron chi connectivity index (χ4n) is 1.90. The van der Waals surface area contributed by atoms with Gasteiger partial charge in [0.25, 0.3) is 0 Å². The molecule has 1 rings (SSSR count). The molecular weight excluding hydrogens is 266 g/mol. The van der Waals surface area contributed by atoms with Crippen molar-refractivity contribution in [1.82, 2.24) is 9.62 Å². The predicted molar refractivity (Wildman–Crippen MR) is 68.5 cm³/mol. The number of likely N-dealkylation sites (tertiary alicyclic amines) is 1. The molecule has 17 heavy (non-hydrogen) atoms. The molecule has 6 nitrogen and oxygen atoms in total. The zero-order valence-electron chi connectivity index (χ0n) is 10.0. The highest BCUT2D eigenvalue weighted by Crippen LogP contribution is 2.19. The fraction of sp³-hybridized carbons (Fsp3) is 0.889. The van der Waals surface area contributed by atoms with Gasteiger partial charge in [0.15, 0.2) is 0 Å². The van der Waals surface area contributed by atoms with Crippen LogP contribution in [-0.4, -0.2) is 50.7 Å². The summed E-state index contributed by atoms with van der Waals surface area (Å²) in [7, 11) is -1.90. The smallest absolute Gasteiger partial charge is 0.239 e. The zero-order chi connectivity index (χ0) is 12.3. The molecule has 0 bridgehead atoms. The van der Waals surface area contributed by atoms with E-state index in [0.717, 1.165) is 12.8 Å². The molecule has 1 aliphatic heterocycles. The molecule has 1 unspecified atom stereocenters. The summed E-state index contributed by atoms with van der Waals surface area (Å²) in [6.07, 6.45) is 1.56. The second kappa shape index (κ2) is 6.53. The van der Waals surface area contributed by atoms with Crippen molar-refractivity contribution in [2.45, 2.75) is 31.8 Å². The molecule has 0 aromatic heterocycles. The minimum absolute atomic E-state index is 0. The van der Waals surface area contributed by atoms with Gasteiger partial charge in [-0.3, -0.25) is 4.79 Å². The van der Waals surface area contributed by atoms with Crippen molar-refractivity contribution in [2.24, 2.45) is 5.73 Å². The van der Waals surface area contributed by atoms with Crippen LogP contribution in [0.4, 0.5) is 0 Å². The normalized spacial score (nSPS) is 22.1. The minimum atomic E-state index is -3.28. The quantitative estimate of drug-likeness (QED) is 0.714. The van der Waals surface area contributed by atoms with Gasteiger partial charge < -0.3 is 10.6 Å². The summed E-state index contributed by atoms with van der Waals surface area (Å²) in [5.41, 5.74) is 5.52. The van der Waals surface area contributed by atoms with Gasteiger partial charge in [0, 0.05) is 12.6 Å². The second-order valence-electron chi connectivity index (χ2n) is 4.10. The van der Waals surface area contributed by atoms with Gasteiger partial charge in [-0.1, -0.05) is 0 Å². The van der Waals surface area contributed by atoms with Crippen LogP contribution in [0.2, 0.25) is 0 Å². The molecule has 0 aliphatic carbocycles. The molecule has 0 radical (unpaired) electrons. The molecule has 2 atom stereocenters. The Hall–Kier alpha value is -0.370. The molecule has 1 fully saturated rings. The van der Waals surface area contributed by atoms with Crippen molar-refractivity contribution in [3.63, 3.8) is 0 Å². The van der Waals surface area contributed by atoms with E-state index in [1.54, 1.807) is 11.8 Å². The Morgan fingerprint density at radius 2 is 2.18 bits per heavy atom. The summed E-state index contributed by atoms with van der Waals surface area (Å²) in [5, 5.41) is 0. The summed E-state index contributed by atoms with van der Waals surface area (Å²) >= 11 is 0. The van der Waals surface area contributed by atoms with Crippen LogP contribution in [0, 0.1) is 0 Å². The van der Waals surface area contributed by atoms with Crippen LogP contribution in [0.25, 0.3) is 0 Å². The lowest BCUT2D eigenvalue weighted by Crippen LogP contribution is -2.47. The number of nitrogens with two attached hydrogens (primary N) is 1. The lowest BCUT2D eigenvalue weighted by Gasteiger charge is -2.25. The van der Waals surface area contributed by atoms with Gasteiger partial charge in [0.2, 0.25) is 15.9 Å². The third-order valence-electron chi connectivity index (χ3n) is 2.77. The maximum atomic E-state index is 11.7. The van der Waals surface area contributed by atoms with Crippen LogP contribution in [0.15, 0.2) is 0 Å². The van der Waals surface area contributed by atoms with Gasteiger partial charge in [0.1, 0.15) is 0 Å². The van der Waals surface area contributed by atoms with Crippen LogP contribution in [-0.2, 0) is 14.8 Å². The van der Waals surface area contributed by atoms with Crippen LogP contribution in [0.5, 0.6) is 0 Å². The number of hydrogen-bond acceptors (Lipinski definition) is 4. The van der Waals surface area contributed by atoms with Crippen molar-refractivity contribution in [3.05, 3.63) is 0 Å². The van der Waals surface area contributed by atoms with E-state index >= 15 is 0 Å². The number of amides is 1. The number of carbonyl (C=O) groups excluding carboxylic acids is 1. The van der Waals surface area contributed by atoms with E-state index in [4.69, 9.17) is 5.73 Å². The zero-order valence-corrected chi connectivity index (χ0v) is 11.7. The standard InChI is InChI=1S/C9H19N3O3S.ClH/c1-7(10)9(13)12-5-3-4-8(12)6-16(14,15)11-2;/h7-8,11H,3-6,10H2,1-2H3;1H/t7-,8?;/m1./s1. The molecule has 0 aromatic rings. The van der Waals surface area contributed by atoms with Gasteiger partial charge >= 0.3 is 0 Å². The Kier molecular flexibility index (Phi) is 6.39. The molecule has 0 saturated carbocycles. The summed E-state index contributed by atoms with van der Waals surface area (Å²) in [4.78, 5) is 13.3. The highest BCUT2D eigenvalue weighted by Gasteiger charge is 2.32. The maximum absolute atomic E-state index is 11.7. The monoisotopic (exact) mass is 285 g/mol. The Balaban J connectivity index is 0.00000256. The van der Waals surface area contributed by atoms with Crippen molar-refractivity contribution < 1.29 is 13.2 Å². The van der Waals surface area contributed by atoms with Crippen LogP contribution >= 0.6 is 12.4 Å². The first-order valence-electron chi connectivity index (χ1n) is 5.34. The van der Waals surface area contributed by atoms with Crippen molar-refractivity contribution in [2.75, 3.05) is 19.3 Å². The van der Waals surface area contributed by atoms with Gasteiger partial charge in [-0.2, -0.15) is 0 Å². The lowest BCUT2D eigenvalue weighted by molar-refractivity contribution is -0.132. The topological polar surface area (TPSA) is 92.5 Å². The van der Waals surface area contributed by atoms with E-state index in [0.29, 0.717) is 6.54 Å². The number of nitrogens with one attached hydrogen (secondary N) is 1. The van der Waals surface area contributed by atoms with E-state index in [2.05, 4.69) is 4.72 Å². The third kappa shape index (κ3) is 4.42. The van der Waals surface area contributed by atoms with E-state index in [9.17, 15) is 13.2 Å². The summed E-state index contributed by atoms with van der Waals surface area (Å²) in [6.45, 7) is 2.22. The van der Waals surface area contributed by atoms with Crippen LogP contribution in [0.1, 0.15) is 19.8 Å². The van der Waals surface area contributed by atoms with Gasteiger partial charge in [0.05, 0.1) is 11.8 Å². The number of sulfonamides is 1. The number of nitrogens with zero attached hydrogens (tertiary/aromatic N) is 1. The van der Waals surface area contributed by atoms with Crippen molar-refractivity contribution in [3.8, 4) is 0 Å². The largest absolute Gasteiger partial charge is 0.337 e. The fourth-order valence-corrected chi connectivity index (χ4v) is 2.92. The Morgan fingerprint density at radius 3 is 2.65 bits per heavy atom. The van der Waals surface area contributed by atoms with E-state index < -0.39 is 16.1 Å². The van der Waals surface area contributed by atoms with Crippen LogP contribution in [0.3, 0.4) is 0 Å². The maximum Gasteiger partial charge on any atom is 0.239 e. The average Bonchev–Trinajstić information content (AvgIpc) is 2.64. The Bertz CT molecular complexity index is 358. The van der Waals surface area contributed by atoms with Gasteiger partial charge in [-0.05, 0) is 26.8 Å². The first-order chi connectivity index (χ1) is 7.37. The third-order valence-corrected chi connectivity index (χ3v) is 4.22. The Labute approximate surface area is 108 Å². The van der Waals surface area contributed by atoms with Gasteiger partial charge in [-0.25, -0.2) is 13.1 Å². The number of hydrogen-bond donors (Lipinski definition) is 2. The molecule has 1 aliphatic rings. The summed E-state index contributed by atoms with van der Waals surface area (Å²) in [5.74, 6) is -0.212. The number of carbonyl (C=O) groups is 1. The molecular formula is C9H20ClN3O3S. The number of rotatable bonds is 4. The van der Waals surface area contributed by atoms with E-state index in [1.807, 2.05) is 0 Å². The first-order valence-corrected chi connectivity index (χ1v) is 7.00. The SMILES string of the molecule is CNS(=O)(=O)CC1CCCN1C(=O)[C@@H](C)N.Cl. The molecule has 1 amide bonds. The molecule has 3 N–H and O–H groups in total. The molecule has 1 heterocycles. The average molecular weight is 286 g/mol. The lowest BCUT2D eigenvalue weighted by atomic mass is 10.2. The highest BCUT2D eigenvalue weighted by atomic mass is 35.5. The number of halogens is 1. The van der Waals surface area contributed by atoms with Crippen molar-refractivity contribution in [1.29, 1.82) is 0 Å². The van der Waals surface area contributed by atoms with E-state index in [-0.39, 0.29) is 30.1 Å². The first kappa shape index (κ1) is 16.6. The predicted octanol–water partition coefficient (Wildman–Crippen LogP) is -0.704. The van der Waals surface area contributed by atoms with Crippen molar-refractivity contribution >= 4 is 28.3 Å². The molecule has 1 saturated heterocycles. The summed E-state index contributed by atoms with van der Waals surface area (Å²) in [6, 6.07) is -0.811. The molecule has 102 valence electrons. The molecule has 0 aromatic carbocycles. The van der Waals surface area contributed by atoms with Gasteiger partial charge in [-0.15, -0.1) is 12.4 Å². The highest BCUT2D eigenvalue weighted by molar-refractivity contribution is 7.89. The molecule has 0 spiro atoms.